The summed E-state index contributed by atoms with van der Waals surface area (Å²) in [5.74, 6) is 0.559. The molecule has 1 heterocycles. The summed E-state index contributed by atoms with van der Waals surface area (Å²) in [7, 11) is -1.41. The fraction of sp³-hybridized carbons (Fsp3) is 0.500. The maximum Gasteiger partial charge on any atom is 0.214 e. The first-order chi connectivity index (χ1) is 10.5. The second-order valence-corrected chi connectivity index (χ2v) is 7.14. The van der Waals surface area contributed by atoms with Gasteiger partial charge in [0.15, 0.2) is 5.96 Å². The van der Waals surface area contributed by atoms with Crippen molar-refractivity contribution in [2.24, 2.45) is 4.99 Å². The van der Waals surface area contributed by atoms with Gasteiger partial charge < -0.3 is 10.6 Å². The van der Waals surface area contributed by atoms with Crippen LogP contribution in [-0.4, -0.2) is 51.1 Å². The molecule has 8 heteroatoms. The SMILES string of the molecule is CN=C(NCCN1CCCS1(=O)=O)NCc1ccc(F)cc1. The highest BCUT2D eigenvalue weighted by Gasteiger charge is 2.27. The van der Waals surface area contributed by atoms with Crippen molar-refractivity contribution in [3.05, 3.63) is 35.6 Å². The lowest BCUT2D eigenvalue weighted by atomic mass is 10.2. The van der Waals surface area contributed by atoms with Gasteiger partial charge >= 0.3 is 0 Å². The minimum atomic E-state index is -3.05. The summed E-state index contributed by atoms with van der Waals surface area (Å²) in [6.45, 7) is 2.02. The summed E-state index contributed by atoms with van der Waals surface area (Å²) < 4.78 is 37.6. The highest BCUT2D eigenvalue weighted by molar-refractivity contribution is 7.89. The Labute approximate surface area is 130 Å². The Bertz CT molecular complexity index is 616. The molecule has 0 aliphatic carbocycles. The first kappa shape index (κ1) is 16.7. The van der Waals surface area contributed by atoms with Crippen molar-refractivity contribution >= 4 is 16.0 Å². The Kier molecular flexibility index (Phi) is 5.73. The molecule has 1 aromatic rings. The average Bonchev–Trinajstić information content (AvgIpc) is 2.83. The van der Waals surface area contributed by atoms with Crippen molar-refractivity contribution in [2.75, 3.05) is 32.4 Å². The Hall–Kier alpha value is -1.67. The molecule has 0 aromatic heterocycles. The smallest absolute Gasteiger partial charge is 0.214 e. The van der Waals surface area contributed by atoms with E-state index in [1.807, 2.05) is 0 Å². The molecule has 1 fully saturated rings. The van der Waals surface area contributed by atoms with Crippen molar-refractivity contribution in [1.82, 2.24) is 14.9 Å². The van der Waals surface area contributed by atoms with E-state index >= 15 is 0 Å². The van der Waals surface area contributed by atoms with Crippen molar-refractivity contribution in [3.8, 4) is 0 Å². The Morgan fingerprint density at radius 2 is 2.05 bits per heavy atom. The largest absolute Gasteiger partial charge is 0.355 e. The molecule has 0 saturated carbocycles. The summed E-state index contributed by atoms with van der Waals surface area (Å²) in [5.41, 5.74) is 0.937. The monoisotopic (exact) mass is 328 g/mol. The van der Waals surface area contributed by atoms with Crippen LogP contribution >= 0.6 is 0 Å². The van der Waals surface area contributed by atoms with Gasteiger partial charge in [-0.05, 0) is 24.1 Å². The molecule has 22 heavy (non-hydrogen) atoms. The van der Waals surface area contributed by atoms with Crippen molar-refractivity contribution in [2.45, 2.75) is 13.0 Å². The van der Waals surface area contributed by atoms with Crippen LogP contribution in [0, 0.1) is 5.82 Å². The molecule has 0 unspecified atom stereocenters. The van der Waals surface area contributed by atoms with Crippen LogP contribution < -0.4 is 10.6 Å². The fourth-order valence-electron chi connectivity index (χ4n) is 2.25. The predicted molar refractivity (Wildman–Crippen MR) is 84.6 cm³/mol. The van der Waals surface area contributed by atoms with Crippen molar-refractivity contribution in [1.29, 1.82) is 0 Å². The molecule has 1 saturated heterocycles. The summed E-state index contributed by atoms with van der Waals surface area (Å²) >= 11 is 0. The minimum absolute atomic E-state index is 0.241. The molecule has 0 radical (unpaired) electrons. The number of rotatable bonds is 5. The lowest BCUT2D eigenvalue weighted by Gasteiger charge is -2.16. The maximum atomic E-state index is 12.8. The quantitative estimate of drug-likeness (QED) is 0.611. The summed E-state index contributed by atoms with van der Waals surface area (Å²) in [5, 5.41) is 6.17. The standard InChI is InChI=1S/C14H21FN4O2S/c1-16-14(18-11-12-3-5-13(15)6-4-12)17-7-9-19-8-2-10-22(19,20)21/h3-6H,2,7-11H2,1H3,(H2,16,17,18). The molecule has 2 N–H and O–H groups in total. The topological polar surface area (TPSA) is 73.8 Å². The number of hydrogen-bond donors (Lipinski definition) is 2. The van der Waals surface area contributed by atoms with Gasteiger partial charge in [0.05, 0.1) is 5.75 Å². The Balaban J connectivity index is 1.74. The van der Waals surface area contributed by atoms with E-state index < -0.39 is 10.0 Å². The molecule has 2 rings (SSSR count). The van der Waals surface area contributed by atoms with Crippen LogP contribution in [0.2, 0.25) is 0 Å². The lowest BCUT2D eigenvalue weighted by molar-refractivity contribution is 0.445. The van der Waals surface area contributed by atoms with E-state index in [9.17, 15) is 12.8 Å². The number of guanidine groups is 1. The fourth-order valence-corrected chi connectivity index (χ4v) is 3.78. The molecule has 1 aliphatic rings. The summed E-state index contributed by atoms with van der Waals surface area (Å²) in [6.07, 6.45) is 0.694. The van der Waals surface area contributed by atoms with Gasteiger partial charge in [0.25, 0.3) is 0 Å². The van der Waals surface area contributed by atoms with Gasteiger partial charge in [-0.3, -0.25) is 4.99 Å². The maximum absolute atomic E-state index is 12.8. The van der Waals surface area contributed by atoms with E-state index in [1.165, 1.54) is 16.4 Å². The van der Waals surface area contributed by atoms with Crippen LogP contribution in [0.5, 0.6) is 0 Å². The number of aliphatic imine (C=N–C) groups is 1. The molecule has 0 amide bonds. The van der Waals surface area contributed by atoms with Crippen LogP contribution in [0.15, 0.2) is 29.3 Å². The zero-order valence-electron chi connectivity index (χ0n) is 12.5. The Morgan fingerprint density at radius 3 is 2.64 bits per heavy atom. The molecule has 0 bridgehead atoms. The van der Waals surface area contributed by atoms with Gasteiger partial charge in [0, 0.05) is 33.2 Å². The van der Waals surface area contributed by atoms with Crippen LogP contribution in [0.4, 0.5) is 4.39 Å². The van der Waals surface area contributed by atoms with Crippen LogP contribution in [0.25, 0.3) is 0 Å². The van der Waals surface area contributed by atoms with Crippen LogP contribution in [-0.2, 0) is 16.6 Å². The van der Waals surface area contributed by atoms with E-state index in [2.05, 4.69) is 15.6 Å². The van der Waals surface area contributed by atoms with E-state index in [0.29, 0.717) is 38.6 Å². The normalized spacial score (nSPS) is 18.4. The summed E-state index contributed by atoms with van der Waals surface area (Å²) in [6, 6.07) is 6.22. The number of nitrogens with one attached hydrogen (secondary N) is 2. The first-order valence-corrected chi connectivity index (χ1v) is 8.79. The third-order valence-electron chi connectivity index (χ3n) is 3.45. The zero-order valence-corrected chi connectivity index (χ0v) is 13.4. The second kappa shape index (κ2) is 7.55. The molecule has 6 nitrogen and oxygen atoms in total. The van der Waals surface area contributed by atoms with Gasteiger partial charge in [-0.25, -0.2) is 17.1 Å². The van der Waals surface area contributed by atoms with Gasteiger partial charge in [-0.15, -0.1) is 0 Å². The van der Waals surface area contributed by atoms with Gasteiger partial charge in [-0.1, -0.05) is 12.1 Å². The van der Waals surface area contributed by atoms with E-state index in [-0.39, 0.29) is 11.6 Å². The van der Waals surface area contributed by atoms with Crippen molar-refractivity contribution < 1.29 is 12.8 Å². The molecular formula is C14H21FN4O2S. The van der Waals surface area contributed by atoms with Crippen LogP contribution in [0.1, 0.15) is 12.0 Å². The number of hydrogen-bond acceptors (Lipinski definition) is 3. The lowest BCUT2D eigenvalue weighted by Crippen LogP contribution is -2.41. The summed E-state index contributed by atoms with van der Waals surface area (Å²) in [4.78, 5) is 4.07. The first-order valence-electron chi connectivity index (χ1n) is 7.18. The zero-order chi connectivity index (χ0) is 16.0. The molecule has 0 spiro atoms. The van der Waals surface area contributed by atoms with Gasteiger partial charge in [0.2, 0.25) is 10.0 Å². The van der Waals surface area contributed by atoms with Crippen LogP contribution in [0.3, 0.4) is 0 Å². The number of nitrogens with zero attached hydrogens (tertiary/aromatic N) is 2. The predicted octanol–water partition coefficient (Wildman–Crippen LogP) is 0.526. The van der Waals surface area contributed by atoms with Gasteiger partial charge in [-0.2, -0.15) is 0 Å². The Morgan fingerprint density at radius 1 is 1.32 bits per heavy atom. The van der Waals surface area contributed by atoms with Crippen molar-refractivity contribution in [3.63, 3.8) is 0 Å². The van der Waals surface area contributed by atoms with Gasteiger partial charge in [0.1, 0.15) is 5.82 Å². The molecule has 122 valence electrons. The minimum Gasteiger partial charge on any atom is -0.355 e. The third kappa shape index (κ3) is 4.67. The highest BCUT2D eigenvalue weighted by atomic mass is 32.2. The van der Waals surface area contributed by atoms with E-state index in [0.717, 1.165) is 5.56 Å². The molecule has 1 aliphatic heterocycles. The second-order valence-electron chi connectivity index (χ2n) is 5.05. The van der Waals surface area contributed by atoms with E-state index in [1.54, 1.807) is 19.2 Å². The third-order valence-corrected chi connectivity index (χ3v) is 5.41. The number of halogens is 1. The number of benzene rings is 1. The molecular weight excluding hydrogens is 307 g/mol. The number of sulfonamides is 1. The molecule has 1 aromatic carbocycles. The highest BCUT2D eigenvalue weighted by Crippen LogP contribution is 2.11. The van der Waals surface area contributed by atoms with E-state index in [4.69, 9.17) is 0 Å². The average molecular weight is 328 g/mol. The molecule has 0 atom stereocenters.